The van der Waals surface area contributed by atoms with E-state index in [1.54, 1.807) is 18.2 Å². The summed E-state index contributed by atoms with van der Waals surface area (Å²) in [6.45, 7) is 5.94. The molecule has 36 heavy (non-hydrogen) atoms. The lowest BCUT2D eigenvalue weighted by molar-refractivity contribution is -0.111. The van der Waals surface area contributed by atoms with Crippen LogP contribution in [0.3, 0.4) is 0 Å². The van der Waals surface area contributed by atoms with Crippen LogP contribution in [0.2, 0.25) is 5.02 Å². The van der Waals surface area contributed by atoms with Crippen LogP contribution in [0.1, 0.15) is 20.3 Å². The van der Waals surface area contributed by atoms with Crippen molar-refractivity contribution in [3.63, 3.8) is 0 Å². The Morgan fingerprint density at radius 2 is 2.17 bits per heavy atom. The van der Waals surface area contributed by atoms with Gasteiger partial charge in [-0.1, -0.05) is 17.7 Å². The smallest absolute Gasteiger partial charge is 0.248 e. The first kappa shape index (κ1) is 25.8. The number of fused-ring (bicyclic) bond motifs is 1. The van der Waals surface area contributed by atoms with Gasteiger partial charge in [0.25, 0.3) is 0 Å². The lowest BCUT2D eigenvalue weighted by Crippen LogP contribution is -2.26. The molecule has 2 aromatic carbocycles. The van der Waals surface area contributed by atoms with E-state index in [0.717, 1.165) is 6.42 Å². The molecular formula is C26H29ClFN5O3. The van der Waals surface area contributed by atoms with Gasteiger partial charge in [0.2, 0.25) is 5.91 Å². The molecule has 3 aromatic rings. The van der Waals surface area contributed by atoms with Crippen LogP contribution in [0.25, 0.3) is 10.9 Å². The van der Waals surface area contributed by atoms with Gasteiger partial charge in [0.15, 0.2) is 0 Å². The van der Waals surface area contributed by atoms with Crippen molar-refractivity contribution in [2.45, 2.75) is 32.4 Å². The van der Waals surface area contributed by atoms with Crippen LogP contribution < -0.4 is 15.4 Å². The molecule has 0 saturated carbocycles. The lowest BCUT2D eigenvalue weighted by Gasteiger charge is -2.19. The molecule has 8 nitrogen and oxygen atoms in total. The number of halogens is 2. The highest BCUT2D eigenvalue weighted by Crippen LogP contribution is 2.35. The summed E-state index contributed by atoms with van der Waals surface area (Å²) in [5, 5.41) is 6.71. The standard InChI is InChI=1S/C26H29ClFN5O3/c1-16(2)33(3)9-4-5-25(34)32-23-12-19-22(13-24(23)36-18-8-10-35-14-18)29-15-30-26(19)31-17-6-7-21(28)20(27)11-17/h4-7,11-13,15-16,18H,8-10,14H2,1-3H3,(H,32,34)(H,29,30,31)/b5-4+/t18-/m0/s1. The molecule has 1 saturated heterocycles. The Kier molecular flexibility index (Phi) is 8.35. The number of carbonyl (C=O) groups excluding carboxylic acids is 1. The molecule has 1 aromatic heterocycles. The van der Waals surface area contributed by atoms with Crippen LogP contribution >= 0.6 is 11.6 Å². The van der Waals surface area contributed by atoms with Crippen molar-refractivity contribution < 1.29 is 18.7 Å². The number of nitrogens with one attached hydrogen (secondary N) is 2. The van der Waals surface area contributed by atoms with E-state index in [9.17, 15) is 9.18 Å². The van der Waals surface area contributed by atoms with E-state index in [2.05, 4.69) is 39.3 Å². The highest BCUT2D eigenvalue weighted by atomic mass is 35.5. The van der Waals surface area contributed by atoms with E-state index in [0.29, 0.717) is 59.6 Å². The van der Waals surface area contributed by atoms with Crippen LogP contribution in [-0.4, -0.2) is 59.7 Å². The van der Waals surface area contributed by atoms with E-state index in [1.807, 2.05) is 13.1 Å². The van der Waals surface area contributed by atoms with Gasteiger partial charge in [-0.3, -0.25) is 4.79 Å². The van der Waals surface area contributed by atoms with E-state index < -0.39 is 5.82 Å². The summed E-state index contributed by atoms with van der Waals surface area (Å²) < 4.78 is 25.2. The number of hydrogen-bond donors (Lipinski definition) is 2. The summed E-state index contributed by atoms with van der Waals surface area (Å²) in [7, 11) is 1.99. The fraction of sp³-hybridized carbons (Fsp3) is 0.346. The predicted molar refractivity (Wildman–Crippen MR) is 140 cm³/mol. The maximum absolute atomic E-state index is 13.6. The highest BCUT2D eigenvalue weighted by molar-refractivity contribution is 6.31. The zero-order valence-corrected chi connectivity index (χ0v) is 21.2. The van der Waals surface area contributed by atoms with Crippen molar-refractivity contribution in [2.75, 3.05) is 37.4 Å². The molecule has 4 rings (SSSR count). The Hall–Kier alpha value is -3.27. The maximum Gasteiger partial charge on any atom is 0.248 e. The van der Waals surface area contributed by atoms with E-state index in [4.69, 9.17) is 21.1 Å². The van der Waals surface area contributed by atoms with Crippen molar-refractivity contribution in [3.05, 3.63) is 59.7 Å². The third-order valence-corrected chi connectivity index (χ3v) is 6.19. The van der Waals surface area contributed by atoms with Gasteiger partial charge in [-0.2, -0.15) is 0 Å². The van der Waals surface area contributed by atoms with Gasteiger partial charge in [0.05, 0.1) is 29.4 Å². The molecule has 10 heteroatoms. The van der Waals surface area contributed by atoms with Gasteiger partial charge in [-0.25, -0.2) is 14.4 Å². The van der Waals surface area contributed by atoms with Crippen LogP contribution in [0.15, 0.2) is 48.8 Å². The number of benzene rings is 2. The van der Waals surface area contributed by atoms with Crippen molar-refractivity contribution in [1.82, 2.24) is 14.9 Å². The first-order valence-electron chi connectivity index (χ1n) is 11.7. The van der Waals surface area contributed by atoms with Crippen molar-refractivity contribution in [2.24, 2.45) is 0 Å². The Morgan fingerprint density at radius 1 is 1.33 bits per heavy atom. The third kappa shape index (κ3) is 6.48. The molecule has 0 aliphatic carbocycles. The normalized spacial score (nSPS) is 15.8. The Morgan fingerprint density at radius 3 is 2.89 bits per heavy atom. The predicted octanol–water partition coefficient (Wildman–Crippen LogP) is 5.17. The number of rotatable bonds is 9. The van der Waals surface area contributed by atoms with Crippen LogP contribution in [0.4, 0.5) is 21.6 Å². The molecule has 1 fully saturated rings. The van der Waals surface area contributed by atoms with Crippen molar-refractivity contribution >= 4 is 45.6 Å². The van der Waals surface area contributed by atoms with Gasteiger partial charge in [-0.15, -0.1) is 0 Å². The van der Waals surface area contributed by atoms with E-state index >= 15 is 0 Å². The second-order valence-corrected chi connectivity index (χ2v) is 9.28. The Labute approximate surface area is 214 Å². The number of carbonyl (C=O) groups is 1. The SMILES string of the molecule is CC(C)N(C)C/C=C/C(=O)Nc1cc2c(Nc3ccc(F)c(Cl)c3)ncnc2cc1O[C@H]1CCOC1. The fourth-order valence-corrected chi connectivity index (χ4v) is 3.77. The number of ether oxygens (including phenoxy) is 2. The van der Waals surface area contributed by atoms with Gasteiger partial charge in [-0.05, 0) is 45.2 Å². The summed E-state index contributed by atoms with van der Waals surface area (Å²) in [6, 6.07) is 8.22. The zero-order chi connectivity index (χ0) is 25.7. The molecule has 1 atom stereocenters. The molecule has 1 amide bonds. The van der Waals surface area contributed by atoms with Gasteiger partial charge in [0, 0.05) is 42.2 Å². The largest absolute Gasteiger partial charge is 0.486 e. The first-order valence-corrected chi connectivity index (χ1v) is 12.1. The second kappa shape index (κ2) is 11.6. The highest BCUT2D eigenvalue weighted by Gasteiger charge is 2.21. The molecule has 1 aliphatic heterocycles. The van der Waals surface area contributed by atoms with Gasteiger partial charge < -0.3 is 25.0 Å². The first-order chi connectivity index (χ1) is 17.3. The molecule has 0 spiro atoms. The fourth-order valence-electron chi connectivity index (χ4n) is 3.59. The minimum Gasteiger partial charge on any atom is -0.486 e. The summed E-state index contributed by atoms with van der Waals surface area (Å²) in [4.78, 5) is 23.6. The zero-order valence-electron chi connectivity index (χ0n) is 20.4. The minimum absolute atomic E-state index is 0.00400. The summed E-state index contributed by atoms with van der Waals surface area (Å²) in [5.74, 6) is 0.178. The maximum atomic E-state index is 13.6. The Balaban J connectivity index is 1.64. The number of anilines is 3. The monoisotopic (exact) mass is 513 g/mol. The lowest BCUT2D eigenvalue weighted by atomic mass is 10.1. The average Bonchev–Trinajstić information content (AvgIpc) is 3.35. The quantitative estimate of drug-likeness (QED) is 0.382. The summed E-state index contributed by atoms with van der Waals surface area (Å²) >= 11 is 5.93. The molecule has 0 bridgehead atoms. The van der Waals surface area contributed by atoms with Crippen molar-refractivity contribution in [3.8, 4) is 5.75 Å². The van der Waals surface area contributed by atoms with Crippen LogP contribution in [-0.2, 0) is 9.53 Å². The van der Waals surface area contributed by atoms with Gasteiger partial charge >= 0.3 is 0 Å². The van der Waals surface area contributed by atoms with Gasteiger partial charge in [0.1, 0.15) is 29.8 Å². The molecule has 190 valence electrons. The molecule has 0 unspecified atom stereocenters. The average molecular weight is 514 g/mol. The topological polar surface area (TPSA) is 88.6 Å². The molecule has 2 N–H and O–H groups in total. The van der Waals surface area contributed by atoms with Crippen LogP contribution in [0.5, 0.6) is 5.75 Å². The molecule has 0 radical (unpaired) electrons. The third-order valence-electron chi connectivity index (χ3n) is 5.90. The number of aromatic nitrogens is 2. The number of hydrogen-bond acceptors (Lipinski definition) is 7. The van der Waals surface area contributed by atoms with E-state index in [1.165, 1.54) is 24.5 Å². The van der Waals surface area contributed by atoms with E-state index in [-0.39, 0.29) is 17.0 Å². The van der Waals surface area contributed by atoms with Crippen molar-refractivity contribution in [1.29, 1.82) is 0 Å². The molecular weight excluding hydrogens is 485 g/mol. The molecule has 1 aliphatic rings. The summed E-state index contributed by atoms with van der Waals surface area (Å²) in [6.07, 6.45) is 5.39. The molecule has 2 heterocycles. The second-order valence-electron chi connectivity index (χ2n) is 8.87. The Bertz CT molecular complexity index is 1260. The number of likely N-dealkylation sites (N-methyl/N-ethyl adjacent to an activating group) is 1. The minimum atomic E-state index is -0.509. The van der Waals surface area contributed by atoms with Crippen LogP contribution in [0, 0.1) is 5.82 Å². The number of amides is 1. The summed E-state index contributed by atoms with van der Waals surface area (Å²) in [5.41, 5.74) is 1.66. The number of nitrogens with zero attached hydrogens (tertiary/aromatic N) is 3.